The molecule has 0 bridgehead atoms. The largest absolute Gasteiger partial charge is 0.338 e. The number of aryl methyl sites for hydroxylation is 1. The normalized spacial score (nSPS) is 19.3. The van der Waals surface area contributed by atoms with Crippen molar-refractivity contribution in [1.82, 2.24) is 14.8 Å². The van der Waals surface area contributed by atoms with Crippen LogP contribution in [0, 0.1) is 18.6 Å². The van der Waals surface area contributed by atoms with Crippen LogP contribution in [0.3, 0.4) is 0 Å². The molecule has 4 rings (SSSR count). The zero-order valence-electron chi connectivity index (χ0n) is 16.8. The van der Waals surface area contributed by atoms with Gasteiger partial charge >= 0.3 is 0 Å². The molecule has 0 radical (unpaired) electrons. The number of likely N-dealkylation sites (tertiary alicyclic amines) is 2. The lowest BCUT2D eigenvalue weighted by molar-refractivity contribution is 0.0626. The maximum absolute atomic E-state index is 14.1. The fraction of sp³-hybridized carbons (Fsp3) is 0.545. The highest BCUT2D eigenvalue weighted by atomic mass is 32.1. The van der Waals surface area contributed by atoms with E-state index in [0.717, 1.165) is 37.3 Å². The lowest BCUT2D eigenvalue weighted by Gasteiger charge is -2.38. The van der Waals surface area contributed by atoms with Crippen molar-refractivity contribution >= 4 is 17.2 Å². The Bertz CT molecular complexity index is 849. The second kappa shape index (κ2) is 8.88. The summed E-state index contributed by atoms with van der Waals surface area (Å²) in [5.41, 5.74) is 0.381. The molecule has 0 saturated carbocycles. The molecule has 0 atom stereocenters. The van der Waals surface area contributed by atoms with Crippen LogP contribution in [0.5, 0.6) is 0 Å². The molecule has 0 aliphatic carbocycles. The Labute approximate surface area is 174 Å². The summed E-state index contributed by atoms with van der Waals surface area (Å²) in [6.07, 6.45) is 7.16. The van der Waals surface area contributed by atoms with Gasteiger partial charge in [-0.3, -0.25) is 4.79 Å². The van der Waals surface area contributed by atoms with Crippen LogP contribution in [0.25, 0.3) is 10.6 Å². The summed E-state index contributed by atoms with van der Waals surface area (Å²) >= 11 is 1.08. The molecule has 2 saturated heterocycles. The zero-order chi connectivity index (χ0) is 20.4. The van der Waals surface area contributed by atoms with Crippen LogP contribution in [-0.2, 0) is 0 Å². The molecule has 0 unspecified atom stereocenters. The number of rotatable bonds is 3. The Balaban J connectivity index is 1.45. The van der Waals surface area contributed by atoms with Crippen LogP contribution in [0.1, 0.15) is 53.9 Å². The van der Waals surface area contributed by atoms with Gasteiger partial charge in [0.2, 0.25) is 0 Å². The lowest BCUT2D eigenvalue weighted by Crippen LogP contribution is -2.47. The number of hydrogen-bond donors (Lipinski definition) is 0. The number of halogens is 2. The molecule has 3 heterocycles. The van der Waals surface area contributed by atoms with Gasteiger partial charge in [0.15, 0.2) is 0 Å². The van der Waals surface area contributed by atoms with E-state index in [1.54, 1.807) is 6.92 Å². The van der Waals surface area contributed by atoms with E-state index in [9.17, 15) is 13.6 Å². The first-order valence-corrected chi connectivity index (χ1v) is 11.3. The van der Waals surface area contributed by atoms with Crippen molar-refractivity contribution in [1.29, 1.82) is 0 Å². The summed E-state index contributed by atoms with van der Waals surface area (Å²) in [6.45, 7) is 5.52. The fourth-order valence-electron chi connectivity index (χ4n) is 4.44. The fourth-order valence-corrected chi connectivity index (χ4v) is 5.52. The number of amides is 1. The van der Waals surface area contributed by atoms with E-state index >= 15 is 0 Å². The topological polar surface area (TPSA) is 36.4 Å². The van der Waals surface area contributed by atoms with Gasteiger partial charge in [-0.25, -0.2) is 13.8 Å². The Morgan fingerprint density at radius 1 is 1.03 bits per heavy atom. The zero-order valence-corrected chi connectivity index (χ0v) is 17.6. The summed E-state index contributed by atoms with van der Waals surface area (Å²) in [5.74, 6) is -1.38. The van der Waals surface area contributed by atoms with Gasteiger partial charge < -0.3 is 9.80 Å². The van der Waals surface area contributed by atoms with Gasteiger partial charge in [-0.2, -0.15) is 0 Å². The molecule has 7 heteroatoms. The van der Waals surface area contributed by atoms with Gasteiger partial charge in [0, 0.05) is 19.1 Å². The predicted octanol–water partition coefficient (Wildman–Crippen LogP) is 4.88. The van der Waals surface area contributed by atoms with Crippen LogP contribution < -0.4 is 0 Å². The maximum Gasteiger partial charge on any atom is 0.265 e. The Hall–Kier alpha value is -1.86. The highest BCUT2D eigenvalue weighted by molar-refractivity contribution is 7.17. The predicted molar refractivity (Wildman–Crippen MR) is 111 cm³/mol. The highest BCUT2D eigenvalue weighted by Gasteiger charge is 2.30. The van der Waals surface area contributed by atoms with Gasteiger partial charge in [0.05, 0.1) is 11.3 Å². The van der Waals surface area contributed by atoms with Gasteiger partial charge in [0.25, 0.3) is 5.91 Å². The molecule has 2 aromatic rings. The average Bonchev–Trinajstić information content (AvgIpc) is 2.92. The molecular formula is C22H27F2N3OS. The molecule has 1 amide bonds. The molecule has 4 nitrogen and oxygen atoms in total. The van der Waals surface area contributed by atoms with Crippen molar-refractivity contribution < 1.29 is 13.6 Å². The van der Waals surface area contributed by atoms with Gasteiger partial charge in [-0.05, 0) is 57.8 Å². The number of hydrogen-bond acceptors (Lipinski definition) is 4. The molecule has 1 aromatic heterocycles. The van der Waals surface area contributed by atoms with Crippen molar-refractivity contribution in [2.45, 2.75) is 51.5 Å². The van der Waals surface area contributed by atoms with Gasteiger partial charge in [0.1, 0.15) is 21.5 Å². The number of carbonyl (C=O) groups is 1. The minimum absolute atomic E-state index is 0.0719. The Morgan fingerprint density at radius 2 is 1.66 bits per heavy atom. The third kappa shape index (κ3) is 4.36. The first-order chi connectivity index (χ1) is 14.0. The first kappa shape index (κ1) is 20.4. The second-order valence-electron chi connectivity index (χ2n) is 8.00. The molecule has 2 fully saturated rings. The third-order valence-corrected chi connectivity index (χ3v) is 7.24. The van der Waals surface area contributed by atoms with Crippen molar-refractivity contribution in [3.8, 4) is 10.6 Å². The molecule has 29 heavy (non-hydrogen) atoms. The molecule has 0 N–H and O–H groups in total. The molecule has 156 valence electrons. The number of carbonyl (C=O) groups excluding carboxylic acids is 1. The summed E-state index contributed by atoms with van der Waals surface area (Å²) < 4.78 is 28.2. The van der Waals surface area contributed by atoms with Crippen LogP contribution in [0.2, 0.25) is 0 Å². The Morgan fingerprint density at radius 3 is 2.28 bits per heavy atom. The highest BCUT2D eigenvalue weighted by Crippen LogP contribution is 2.33. The van der Waals surface area contributed by atoms with E-state index in [1.807, 2.05) is 4.90 Å². The van der Waals surface area contributed by atoms with Crippen molar-refractivity contribution in [2.24, 2.45) is 0 Å². The first-order valence-electron chi connectivity index (χ1n) is 10.5. The number of aromatic nitrogens is 1. The van der Waals surface area contributed by atoms with Crippen molar-refractivity contribution in [3.63, 3.8) is 0 Å². The summed E-state index contributed by atoms with van der Waals surface area (Å²) in [5, 5.41) is 0.223. The SMILES string of the molecule is Cc1nc(-c2c(F)cccc2F)sc1C(=O)N1CCC(N2CCCCCC2)CC1. The van der Waals surface area contributed by atoms with Gasteiger partial charge in [-0.1, -0.05) is 18.9 Å². The summed E-state index contributed by atoms with van der Waals surface area (Å²) in [4.78, 5) is 22.3. The standard InChI is InChI=1S/C22H27F2N3OS/c1-15-20(29-21(25-15)19-17(23)7-6-8-18(19)24)22(28)27-13-9-16(10-14-27)26-11-4-2-3-5-12-26/h6-8,16H,2-5,9-14H2,1H3. The van der Waals surface area contributed by atoms with E-state index in [1.165, 1.54) is 57.0 Å². The number of thiazole rings is 1. The van der Waals surface area contributed by atoms with Crippen molar-refractivity contribution in [3.05, 3.63) is 40.4 Å². The van der Waals surface area contributed by atoms with Crippen LogP contribution in [-0.4, -0.2) is 52.9 Å². The minimum atomic E-state index is -0.656. The monoisotopic (exact) mass is 419 g/mol. The van der Waals surface area contributed by atoms with E-state index in [4.69, 9.17) is 0 Å². The molecule has 0 spiro atoms. The van der Waals surface area contributed by atoms with E-state index in [-0.39, 0.29) is 16.5 Å². The van der Waals surface area contributed by atoms with Crippen LogP contribution in [0.15, 0.2) is 18.2 Å². The quantitative estimate of drug-likeness (QED) is 0.712. The minimum Gasteiger partial charge on any atom is -0.338 e. The summed E-state index contributed by atoms with van der Waals surface area (Å²) in [6, 6.07) is 4.31. The average molecular weight is 420 g/mol. The molecule has 1 aromatic carbocycles. The second-order valence-corrected chi connectivity index (χ2v) is 9.00. The summed E-state index contributed by atoms with van der Waals surface area (Å²) in [7, 11) is 0. The molecular weight excluding hydrogens is 392 g/mol. The Kier molecular flexibility index (Phi) is 6.25. The third-order valence-electron chi connectivity index (χ3n) is 6.08. The van der Waals surface area contributed by atoms with Crippen LogP contribution in [0.4, 0.5) is 8.78 Å². The number of nitrogens with zero attached hydrogens (tertiary/aromatic N) is 3. The molecule has 2 aliphatic heterocycles. The van der Waals surface area contributed by atoms with Crippen molar-refractivity contribution in [2.75, 3.05) is 26.2 Å². The molecule has 2 aliphatic rings. The van der Waals surface area contributed by atoms with Crippen LogP contribution >= 0.6 is 11.3 Å². The van der Waals surface area contributed by atoms with Gasteiger partial charge in [-0.15, -0.1) is 11.3 Å². The van der Waals surface area contributed by atoms with E-state index in [2.05, 4.69) is 9.88 Å². The maximum atomic E-state index is 14.1. The smallest absolute Gasteiger partial charge is 0.265 e. The number of benzene rings is 1. The van der Waals surface area contributed by atoms with E-state index in [0.29, 0.717) is 16.6 Å². The number of piperidine rings is 1. The lowest BCUT2D eigenvalue weighted by atomic mass is 10.0. The van der Waals surface area contributed by atoms with E-state index < -0.39 is 11.6 Å².